The number of para-hydroxylation sites is 1. The Kier molecular flexibility index (Phi) is 6.22. The molecule has 3 aromatic carbocycles. The van der Waals surface area contributed by atoms with E-state index in [9.17, 15) is 4.79 Å². The predicted octanol–water partition coefficient (Wildman–Crippen LogP) is 5.27. The van der Waals surface area contributed by atoms with Gasteiger partial charge in [-0.15, -0.1) is 0 Å². The van der Waals surface area contributed by atoms with Gasteiger partial charge in [-0.05, 0) is 59.9 Å². The van der Waals surface area contributed by atoms with E-state index in [1.54, 1.807) is 0 Å². The van der Waals surface area contributed by atoms with Crippen LogP contribution in [0.1, 0.15) is 39.4 Å². The first-order valence-electron chi connectivity index (χ1n) is 10.5. The molecule has 4 rings (SSSR count). The maximum absolute atomic E-state index is 12.5. The lowest BCUT2D eigenvalue weighted by Crippen LogP contribution is -2.29. The third kappa shape index (κ3) is 4.72. The van der Waals surface area contributed by atoms with Crippen LogP contribution in [0.5, 0.6) is 0 Å². The summed E-state index contributed by atoms with van der Waals surface area (Å²) >= 11 is 0. The topological polar surface area (TPSA) is 80.0 Å². The summed E-state index contributed by atoms with van der Waals surface area (Å²) in [5.41, 5.74) is 6.07. The van der Waals surface area contributed by atoms with Gasteiger partial charge in [0.15, 0.2) is 0 Å². The molecule has 156 valence electrons. The highest BCUT2D eigenvalue weighted by Gasteiger charge is 2.19. The standard InChI is InChI=1S/C26H26N4O/c27-16-23(17-28)21-12-13-25-22(15-21)5-4-14-30(25)18-19-8-10-20(11-9-19)26(31)29-24-6-2-1-3-7-24/h1-3,6-13,15-17,23,27-28H,4-5,14,18H2,(H,29,31). The maximum atomic E-state index is 12.5. The van der Waals surface area contributed by atoms with Gasteiger partial charge in [0.1, 0.15) is 0 Å². The highest BCUT2D eigenvalue weighted by atomic mass is 16.1. The highest BCUT2D eigenvalue weighted by Crippen LogP contribution is 2.31. The van der Waals surface area contributed by atoms with Crippen molar-refractivity contribution in [2.45, 2.75) is 25.3 Å². The number of hydrogen-bond donors (Lipinski definition) is 3. The molecule has 1 aliphatic rings. The van der Waals surface area contributed by atoms with E-state index in [-0.39, 0.29) is 11.8 Å². The quantitative estimate of drug-likeness (QED) is 0.464. The second-order valence-electron chi connectivity index (χ2n) is 7.79. The van der Waals surface area contributed by atoms with Gasteiger partial charge in [-0.2, -0.15) is 0 Å². The zero-order valence-corrected chi connectivity index (χ0v) is 17.3. The first-order chi connectivity index (χ1) is 15.2. The molecule has 5 nitrogen and oxygen atoms in total. The molecule has 0 bridgehead atoms. The number of amides is 1. The number of carbonyl (C=O) groups is 1. The van der Waals surface area contributed by atoms with E-state index in [4.69, 9.17) is 10.8 Å². The summed E-state index contributed by atoms with van der Waals surface area (Å²) in [6.45, 7) is 1.77. The summed E-state index contributed by atoms with van der Waals surface area (Å²) in [5, 5.41) is 18.0. The summed E-state index contributed by atoms with van der Waals surface area (Å²) in [7, 11) is 0. The van der Waals surface area contributed by atoms with Crippen LogP contribution in [0.2, 0.25) is 0 Å². The van der Waals surface area contributed by atoms with Gasteiger partial charge in [-0.25, -0.2) is 0 Å². The van der Waals surface area contributed by atoms with Crippen molar-refractivity contribution in [2.75, 3.05) is 16.8 Å². The zero-order chi connectivity index (χ0) is 21.6. The van der Waals surface area contributed by atoms with Crippen LogP contribution in [0.15, 0.2) is 72.8 Å². The van der Waals surface area contributed by atoms with Crippen LogP contribution in [0.25, 0.3) is 0 Å². The third-order valence-corrected chi connectivity index (χ3v) is 5.68. The fourth-order valence-electron chi connectivity index (χ4n) is 4.01. The number of hydrogen-bond acceptors (Lipinski definition) is 4. The lowest BCUT2D eigenvalue weighted by Gasteiger charge is -2.32. The summed E-state index contributed by atoms with van der Waals surface area (Å²) in [6, 6.07) is 23.5. The fraction of sp³-hybridized carbons (Fsp3) is 0.192. The van der Waals surface area contributed by atoms with Crippen LogP contribution in [0.4, 0.5) is 11.4 Å². The molecule has 0 saturated heterocycles. The molecule has 1 amide bonds. The van der Waals surface area contributed by atoms with Crippen LogP contribution in [0, 0.1) is 10.8 Å². The van der Waals surface area contributed by atoms with Gasteiger partial charge in [-0.3, -0.25) is 4.79 Å². The summed E-state index contributed by atoms with van der Waals surface area (Å²) in [6.07, 6.45) is 4.71. The zero-order valence-electron chi connectivity index (χ0n) is 17.3. The van der Waals surface area contributed by atoms with E-state index >= 15 is 0 Å². The van der Waals surface area contributed by atoms with Crippen molar-refractivity contribution in [3.05, 3.63) is 95.1 Å². The second kappa shape index (κ2) is 9.39. The fourth-order valence-corrected chi connectivity index (χ4v) is 4.01. The summed E-state index contributed by atoms with van der Waals surface area (Å²) < 4.78 is 0. The Hall–Kier alpha value is -3.73. The predicted molar refractivity (Wildman–Crippen MR) is 127 cm³/mol. The molecular weight excluding hydrogens is 384 g/mol. The van der Waals surface area contributed by atoms with Crippen LogP contribution >= 0.6 is 0 Å². The van der Waals surface area contributed by atoms with E-state index in [0.717, 1.165) is 42.7 Å². The number of nitrogens with one attached hydrogen (secondary N) is 3. The second-order valence-corrected chi connectivity index (χ2v) is 7.79. The van der Waals surface area contributed by atoms with Gasteiger partial charge in [0.25, 0.3) is 5.91 Å². The van der Waals surface area contributed by atoms with Gasteiger partial charge in [0, 0.05) is 42.5 Å². The number of nitrogens with zero attached hydrogens (tertiary/aromatic N) is 1. The number of rotatable bonds is 7. The van der Waals surface area contributed by atoms with Crippen molar-refractivity contribution in [3.8, 4) is 0 Å². The molecule has 0 aliphatic carbocycles. The molecule has 1 aliphatic heterocycles. The van der Waals surface area contributed by atoms with Crippen LogP contribution in [-0.4, -0.2) is 24.9 Å². The molecule has 31 heavy (non-hydrogen) atoms. The van der Waals surface area contributed by atoms with Gasteiger partial charge < -0.3 is 21.0 Å². The van der Waals surface area contributed by atoms with Crippen molar-refractivity contribution < 1.29 is 4.79 Å². The summed E-state index contributed by atoms with van der Waals surface area (Å²) in [4.78, 5) is 14.8. The highest BCUT2D eigenvalue weighted by molar-refractivity contribution is 6.04. The molecule has 0 aromatic heterocycles. The number of carbonyl (C=O) groups excluding carboxylic acids is 1. The summed E-state index contributed by atoms with van der Waals surface area (Å²) in [5.74, 6) is -0.365. The number of fused-ring (bicyclic) bond motifs is 1. The Morgan fingerprint density at radius 3 is 2.45 bits per heavy atom. The number of aryl methyl sites for hydroxylation is 1. The first kappa shape index (κ1) is 20.5. The first-order valence-corrected chi connectivity index (χ1v) is 10.5. The monoisotopic (exact) mass is 410 g/mol. The van der Waals surface area contributed by atoms with Gasteiger partial charge in [0.05, 0.1) is 5.92 Å². The average Bonchev–Trinajstić information content (AvgIpc) is 2.81. The molecule has 0 radical (unpaired) electrons. The number of anilines is 2. The van der Waals surface area contributed by atoms with Crippen LogP contribution in [0.3, 0.4) is 0 Å². The molecule has 5 heteroatoms. The minimum atomic E-state index is -0.254. The van der Waals surface area contributed by atoms with Gasteiger partial charge in [0.2, 0.25) is 0 Å². The molecule has 0 spiro atoms. The smallest absolute Gasteiger partial charge is 0.255 e. The van der Waals surface area contributed by atoms with E-state index in [1.807, 2.05) is 60.7 Å². The molecule has 1 heterocycles. The van der Waals surface area contributed by atoms with Gasteiger partial charge >= 0.3 is 0 Å². The van der Waals surface area contributed by atoms with Crippen molar-refractivity contribution in [3.63, 3.8) is 0 Å². The Morgan fingerprint density at radius 1 is 1.00 bits per heavy atom. The largest absolute Gasteiger partial charge is 0.367 e. The Bertz CT molecular complexity index is 1070. The van der Waals surface area contributed by atoms with Crippen molar-refractivity contribution in [2.24, 2.45) is 0 Å². The van der Waals surface area contributed by atoms with Crippen LogP contribution in [-0.2, 0) is 13.0 Å². The minimum Gasteiger partial charge on any atom is -0.367 e. The molecule has 0 saturated carbocycles. The molecular formula is C26H26N4O. The normalized spacial score (nSPS) is 13.7. The number of benzene rings is 3. The molecule has 0 atom stereocenters. The Labute approximate surface area is 182 Å². The van der Waals surface area contributed by atoms with Crippen LogP contribution < -0.4 is 10.2 Å². The maximum Gasteiger partial charge on any atom is 0.255 e. The molecule has 3 aromatic rings. The van der Waals surface area contributed by atoms with E-state index in [2.05, 4.69) is 22.3 Å². The Balaban J connectivity index is 1.46. The van der Waals surface area contributed by atoms with E-state index in [1.165, 1.54) is 23.7 Å². The lowest BCUT2D eigenvalue weighted by atomic mass is 9.94. The van der Waals surface area contributed by atoms with Crippen molar-refractivity contribution in [1.82, 2.24) is 0 Å². The van der Waals surface area contributed by atoms with E-state index < -0.39 is 0 Å². The third-order valence-electron chi connectivity index (χ3n) is 5.68. The molecule has 0 unspecified atom stereocenters. The average molecular weight is 411 g/mol. The lowest BCUT2D eigenvalue weighted by molar-refractivity contribution is 0.102. The Morgan fingerprint density at radius 2 is 1.74 bits per heavy atom. The molecule has 0 fully saturated rings. The van der Waals surface area contributed by atoms with Crippen molar-refractivity contribution in [1.29, 1.82) is 10.8 Å². The van der Waals surface area contributed by atoms with E-state index in [0.29, 0.717) is 5.56 Å². The minimum absolute atomic E-state index is 0.111. The van der Waals surface area contributed by atoms with Crippen molar-refractivity contribution >= 4 is 29.7 Å². The SMILES string of the molecule is N=CC(C=N)c1ccc2c(c1)CCCN2Cc1ccc(C(=O)Nc2ccccc2)cc1. The molecule has 3 N–H and O–H groups in total. The van der Waals surface area contributed by atoms with Gasteiger partial charge in [-0.1, -0.05) is 42.5 Å².